The normalized spacial score (nSPS) is 16.5. The Bertz CT molecular complexity index is 2220. The summed E-state index contributed by atoms with van der Waals surface area (Å²) in [5.41, 5.74) is 1.23. The van der Waals surface area contributed by atoms with Gasteiger partial charge >= 0.3 is 11.9 Å². The fourth-order valence-electron chi connectivity index (χ4n) is 6.09. The second-order valence-electron chi connectivity index (χ2n) is 12.0. The molecule has 2 atom stereocenters. The van der Waals surface area contributed by atoms with Crippen LogP contribution in [0.4, 0.5) is 24.7 Å². The lowest BCUT2D eigenvalue weighted by atomic mass is 9.96. The molecule has 2 unspecified atom stereocenters. The van der Waals surface area contributed by atoms with Crippen LogP contribution in [-0.2, 0) is 31.6 Å². The molecule has 1 aliphatic heterocycles. The number of ether oxygens (including phenoxy) is 2. The van der Waals surface area contributed by atoms with Gasteiger partial charge in [0.1, 0.15) is 16.9 Å². The SMILES string of the molecule is COc1nc(-c2cccc(-c3cccc(Nc4nc(C(F)(F)F)cc5c4c(=O)n(C)c(=O)n5C)c3C)c2Cl)ccc1CNC1CCOCC1O. The molecule has 0 spiro atoms. The zero-order valence-electron chi connectivity index (χ0n) is 27.6. The van der Waals surface area contributed by atoms with Gasteiger partial charge in [0, 0.05) is 55.7 Å². The first-order chi connectivity index (χ1) is 23.8. The van der Waals surface area contributed by atoms with Gasteiger partial charge in [0.2, 0.25) is 5.88 Å². The molecule has 5 aromatic rings. The number of hydrogen-bond acceptors (Lipinski definition) is 9. The molecule has 0 radical (unpaired) electrons. The number of anilines is 2. The number of aryl methyl sites for hydroxylation is 1. The van der Waals surface area contributed by atoms with Crippen molar-refractivity contribution in [3.8, 4) is 28.3 Å². The Kier molecular flexibility index (Phi) is 9.73. The van der Waals surface area contributed by atoms with Crippen molar-refractivity contribution >= 4 is 34.0 Å². The number of nitrogens with one attached hydrogen (secondary N) is 2. The average molecular weight is 711 g/mol. The lowest BCUT2D eigenvalue weighted by molar-refractivity contribution is -0.141. The third-order valence-corrected chi connectivity index (χ3v) is 9.32. The predicted molar refractivity (Wildman–Crippen MR) is 184 cm³/mol. The number of nitrogens with zero attached hydrogens (tertiary/aromatic N) is 4. The van der Waals surface area contributed by atoms with E-state index in [-0.39, 0.29) is 29.4 Å². The van der Waals surface area contributed by atoms with E-state index in [9.17, 15) is 27.9 Å². The topological polar surface area (TPSA) is 133 Å². The number of rotatable bonds is 8. The molecule has 2 aromatic carbocycles. The van der Waals surface area contributed by atoms with Gasteiger partial charge in [-0.3, -0.25) is 13.9 Å². The third kappa shape index (κ3) is 6.59. The largest absolute Gasteiger partial charge is 0.481 e. The highest BCUT2D eigenvalue weighted by molar-refractivity contribution is 6.36. The summed E-state index contributed by atoms with van der Waals surface area (Å²) in [6, 6.07) is 14.9. The summed E-state index contributed by atoms with van der Waals surface area (Å²) in [5, 5.41) is 16.7. The molecule has 50 heavy (non-hydrogen) atoms. The van der Waals surface area contributed by atoms with Crippen LogP contribution in [0.3, 0.4) is 0 Å². The maximum Gasteiger partial charge on any atom is 0.433 e. The van der Waals surface area contributed by atoms with E-state index in [4.69, 9.17) is 26.1 Å². The van der Waals surface area contributed by atoms with Gasteiger partial charge in [0.15, 0.2) is 0 Å². The molecule has 1 aliphatic rings. The van der Waals surface area contributed by atoms with Crippen LogP contribution in [0.2, 0.25) is 5.02 Å². The van der Waals surface area contributed by atoms with Crippen LogP contribution in [0.1, 0.15) is 23.2 Å². The predicted octanol–water partition coefficient (Wildman–Crippen LogP) is 5.33. The number of fused-ring (bicyclic) bond motifs is 1. The summed E-state index contributed by atoms with van der Waals surface area (Å²) in [5.74, 6) is 0.0492. The standard InChI is InChI=1S/C35H34ClF3N6O5/c1-18-20(7-6-10-23(18)41-31-29-26(15-28(43-31)35(37,38)39)44(2)34(48)45(3)33(29)47)21-8-5-9-22(30(21)36)24-12-11-19(32(42-24)49-4)16-40-25-13-14-50-17-27(25)46/h5-12,15,25,27,40,46H,13-14,16-17H2,1-4H3,(H,41,43). The molecule has 0 bridgehead atoms. The molecule has 0 amide bonds. The molecule has 4 heterocycles. The summed E-state index contributed by atoms with van der Waals surface area (Å²) in [6.45, 7) is 3.03. The van der Waals surface area contributed by atoms with Crippen molar-refractivity contribution in [2.45, 2.75) is 38.2 Å². The first-order valence-electron chi connectivity index (χ1n) is 15.7. The number of halogens is 4. The number of methoxy groups -OCH3 is 1. The van der Waals surface area contributed by atoms with Crippen molar-refractivity contribution in [1.82, 2.24) is 24.4 Å². The van der Waals surface area contributed by atoms with Crippen LogP contribution in [0.25, 0.3) is 33.3 Å². The quantitative estimate of drug-likeness (QED) is 0.195. The van der Waals surface area contributed by atoms with Crippen LogP contribution in [-0.4, -0.2) is 56.7 Å². The molecular weight excluding hydrogens is 677 g/mol. The minimum atomic E-state index is -4.84. The highest BCUT2D eigenvalue weighted by Crippen LogP contribution is 2.40. The van der Waals surface area contributed by atoms with E-state index in [2.05, 4.69) is 15.6 Å². The Hall–Kier alpha value is -4.76. The number of aromatic nitrogens is 4. The zero-order valence-corrected chi connectivity index (χ0v) is 28.3. The molecule has 11 nitrogen and oxygen atoms in total. The molecule has 1 saturated heterocycles. The van der Waals surface area contributed by atoms with E-state index in [1.54, 1.807) is 19.1 Å². The molecule has 6 rings (SSSR count). The minimum Gasteiger partial charge on any atom is -0.481 e. The summed E-state index contributed by atoms with van der Waals surface area (Å²) in [4.78, 5) is 34.3. The van der Waals surface area contributed by atoms with E-state index in [0.29, 0.717) is 70.2 Å². The van der Waals surface area contributed by atoms with Gasteiger partial charge in [-0.25, -0.2) is 14.8 Å². The summed E-state index contributed by atoms with van der Waals surface area (Å²) >= 11 is 7.03. The Balaban J connectivity index is 1.36. The van der Waals surface area contributed by atoms with Gasteiger partial charge in [-0.05, 0) is 42.7 Å². The first-order valence-corrected chi connectivity index (χ1v) is 16.0. The molecule has 0 aliphatic carbocycles. The van der Waals surface area contributed by atoms with Crippen LogP contribution >= 0.6 is 11.6 Å². The van der Waals surface area contributed by atoms with Gasteiger partial charge in [-0.15, -0.1) is 0 Å². The average Bonchev–Trinajstić information content (AvgIpc) is 3.10. The summed E-state index contributed by atoms with van der Waals surface area (Å²) < 4.78 is 54.5. The number of benzene rings is 2. The van der Waals surface area contributed by atoms with E-state index in [0.717, 1.165) is 14.7 Å². The number of pyridine rings is 2. The van der Waals surface area contributed by atoms with E-state index >= 15 is 0 Å². The van der Waals surface area contributed by atoms with Gasteiger partial charge in [0.05, 0.1) is 36.1 Å². The number of hydrogen-bond donors (Lipinski definition) is 3. The molecular formula is C35H34ClF3N6O5. The smallest absolute Gasteiger partial charge is 0.433 e. The molecule has 0 saturated carbocycles. The monoisotopic (exact) mass is 710 g/mol. The zero-order chi connectivity index (χ0) is 35.9. The maximum atomic E-state index is 13.9. The van der Waals surface area contributed by atoms with Crippen molar-refractivity contribution < 1.29 is 27.8 Å². The van der Waals surface area contributed by atoms with Crippen molar-refractivity contribution in [2.75, 3.05) is 25.6 Å². The Morgan fingerprint density at radius 1 is 1.04 bits per heavy atom. The molecule has 262 valence electrons. The van der Waals surface area contributed by atoms with E-state index in [1.165, 1.54) is 21.2 Å². The lowest BCUT2D eigenvalue weighted by Gasteiger charge is -2.28. The highest BCUT2D eigenvalue weighted by atomic mass is 35.5. The van der Waals surface area contributed by atoms with Crippen LogP contribution in [0, 0.1) is 6.92 Å². The Morgan fingerprint density at radius 2 is 1.76 bits per heavy atom. The number of alkyl halides is 3. The maximum absolute atomic E-state index is 13.9. The van der Waals surface area contributed by atoms with E-state index < -0.39 is 29.2 Å². The van der Waals surface area contributed by atoms with Crippen molar-refractivity contribution in [3.05, 3.63) is 97.3 Å². The molecule has 1 fully saturated rings. The van der Waals surface area contributed by atoms with Gasteiger partial charge in [-0.1, -0.05) is 48.0 Å². The van der Waals surface area contributed by atoms with Gasteiger partial charge in [0.25, 0.3) is 5.56 Å². The third-order valence-electron chi connectivity index (χ3n) is 8.91. The van der Waals surface area contributed by atoms with Crippen molar-refractivity contribution in [3.63, 3.8) is 0 Å². The highest BCUT2D eigenvalue weighted by Gasteiger charge is 2.34. The lowest BCUT2D eigenvalue weighted by Crippen LogP contribution is -2.46. The second kappa shape index (κ2) is 13.9. The van der Waals surface area contributed by atoms with Crippen LogP contribution in [0.5, 0.6) is 5.88 Å². The Labute approximate surface area is 289 Å². The Morgan fingerprint density at radius 3 is 2.48 bits per heavy atom. The van der Waals surface area contributed by atoms with Crippen molar-refractivity contribution in [1.29, 1.82) is 0 Å². The fraction of sp³-hybridized carbons (Fsp3) is 0.314. The van der Waals surface area contributed by atoms with E-state index in [1.807, 2.05) is 36.4 Å². The second-order valence-corrected chi connectivity index (χ2v) is 12.4. The number of aliphatic hydroxyl groups excluding tert-OH is 1. The van der Waals surface area contributed by atoms with Crippen LogP contribution < -0.4 is 26.6 Å². The minimum absolute atomic E-state index is 0.116. The molecule has 15 heteroatoms. The van der Waals surface area contributed by atoms with Gasteiger partial charge in [-0.2, -0.15) is 13.2 Å². The molecule has 3 N–H and O–H groups in total. The summed E-state index contributed by atoms with van der Waals surface area (Å²) in [6.07, 6.45) is -4.77. The number of aliphatic hydroxyl groups is 1. The van der Waals surface area contributed by atoms with Crippen LogP contribution in [0.15, 0.2) is 64.2 Å². The van der Waals surface area contributed by atoms with Crippen molar-refractivity contribution in [2.24, 2.45) is 14.1 Å². The summed E-state index contributed by atoms with van der Waals surface area (Å²) in [7, 11) is 4.07. The first kappa shape index (κ1) is 35.1. The molecule has 3 aromatic heterocycles. The fourth-order valence-corrected chi connectivity index (χ4v) is 6.41. The van der Waals surface area contributed by atoms with Gasteiger partial charge < -0.3 is 25.2 Å².